The van der Waals surface area contributed by atoms with Crippen LogP contribution in [0.3, 0.4) is 0 Å². The number of nitriles is 1. The van der Waals surface area contributed by atoms with E-state index < -0.39 is 5.41 Å². The molecule has 21 heavy (non-hydrogen) atoms. The van der Waals surface area contributed by atoms with E-state index in [-0.39, 0.29) is 19.0 Å². The summed E-state index contributed by atoms with van der Waals surface area (Å²) < 4.78 is 5.24. The second-order valence-electron chi connectivity index (χ2n) is 5.10. The van der Waals surface area contributed by atoms with E-state index in [0.717, 1.165) is 11.1 Å². The summed E-state index contributed by atoms with van der Waals surface area (Å²) in [4.78, 5) is 11.8. The predicted octanol–water partition coefficient (Wildman–Crippen LogP) is 4.05. The minimum atomic E-state index is -0.633. The van der Waals surface area contributed by atoms with E-state index >= 15 is 0 Å². The maximum atomic E-state index is 11.8. The van der Waals surface area contributed by atoms with Crippen molar-refractivity contribution in [2.45, 2.75) is 31.8 Å². The molecule has 0 radical (unpaired) electrons. The van der Waals surface area contributed by atoms with Gasteiger partial charge in [-0.15, -0.1) is 0 Å². The van der Waals surface area contributed by atoms with Crippen molar-refractivity contribution in [1.82, 2.24) is 0 Å². The third-order valence-electron chi connectivity index (χ3n) is 3.48. The molecule has 2 aromatic rings. The highest BCUT2D eigenvalue weighted by molar-refractivity contribution is 7.08. The summed E-state index contributed by atoms with van der Waals surface area (Å²) in [6.07, 6.45) is 0.709. The molecule has 0 spiro atoms. The summed E-state index contributed by atoms with van der Waals surface area (Å²) in [6.45, 7) is 2.14. The van der Waals surface area contributed by atoms with Crippen LogP contribution in [0.4, 0.5) is 0 Å². The number of ether oxygens (including phenoxy) is 1. The molecule has 1 aromatic heterocycles. The molecule has 0 bridgehead atoms. The van der Waals surface area contributed by atoms with Crippen molar-refractivity contribution in [3.05, 3.63) is 58.3 Å². The van der Waals surface area contributed by atoms with E-state index in [0.29, 0.717) is 6.42 Å². The second kappa shape index (κ2) is 7.05. The van der Waals surface area contributed by atoms with E-state index in [1.54, 1.807) is 11.3 Å². The van der Waals surface area contributed by atoms with E-state index in [4.69, 9.17) is 4.74 Å². The van der Waals surface area contributed by atoms with Gasteiger partial charge < -0.3 is 4.74 Å². The van der Waals surface area contributed by atoms with E-state index in [2.05, 4.69) is 6.07 Å². The number of hydrogen-bond acceptors (Lipinski definition) is 4. The summed E-state index contributed by atoms with van der Waals surface area (Å²) in [6, 6.07) is 13.8. The largest absolute Gasteiger partial charge is 0.461 e. The molecule has 2 rings (SSSR count). The van der Waals surface area contributed by atoms with E-state index in [1.165, 1.54) is 0 Å². The standard InChI is InChI=1S/C17H17NO2S/c1-17(13-18,15-8-10-21-12-15)9-7-16(19)20-11-14-5-3-2-4-6-14/h2-6,8,10,12H,7,9,11H2,1H3/t17-/m1/s1. The Kier molecular flexibility index (Phi) is 5.13. The topological polar surface area (TPSA) is 50.1 Å². The number of benzene rings is 1. The Balaban J connectivity index is 1.85. The van der Waals surface area contributed by atoms with Gasteiger partial charge in [0.05, 0.1) is 11.5 Å². The summed E-state index contributed by atoms with van der Waals surface area (Å²) in [5.41, 5.74) is 1.30. The summed E-state index contributed by atoms with van der Waals surface area (Å²) >= 11 is 1.56. The number of nitrogens with zero attached hydrogens (tertiary/aromatic N) is 1. The number of rotatable bonds is 6. The van der Waals surface area contributed by atoms with Gasteiger partial charge >= 0.3 is 5.97 Å². The van der Waals surface area contributed by atoms with Crippen LogP contribution in [0, 0.1) is 11.3 Å². The molecule has 0 aliphatic carbocycles. The zero-order valence-electron chi connectivity index (χ0n) is 11.9. The van der Waals surface area contributed by atoms with Crippen LogP contribution in [0.2, 0.25) is 0 Å². The third-order valence-corrected chi connectivity index (χ3v) is 4.16. The molecule has 0 unspecified atom stereocenters. The summed E-state index contributed by atoms with van der Waals surface area (Å²) in [5.74, 6) is -0.268. The molecule has 0 aliphatic heterocycles. The Morgan fingerprint density at radius 2 is 2.10 bits per heavy atom. The molecule has 0 aliphatic rings. The van der Waals surface area contributed by atoms with Crippen molar-refractivity contribution >= 4 is 17.3 Å². The maximum absolute atomic E-state index is 11.8. The fraction of sp³-hybridized carbons (Fsp3) is 0.294. The second-order valence-corrected chi connectivity index (χ2v) is 5.88. The summed E-state index contributed by atoms with van der Waals surface area (Å²) in [5, 5.41) is 13.3. The number of thiophene rings is 1. The SMILES string of the molecule is C[C@](C#N)(CCC(=O)OCc1ccccc1)c1ccsc1. The molecule has 1 heterocycles. The van der Waals surface area contributed by atoms with Crippen LogP contribution in [0.1, 0.15) is 30.9 Å². The van der Waals surface area contributed by atoms with E-state index in [9.17, 15) is 10.1 Å². The number of carbonyl (C=O) groups is 1. The van der Waals surface area contributed by atoms with Gasteiger partial charge in [-0.05, 0) is 41.3 Å². The fourth-order valence-corrected chi connectivity index (χ4v) is 2.79. The van der Waals surface area contributed by atoms with Gasteiger partial charge in [-0.1, -0.05) is 30.3 Å². The number of esters is 1. The van der Waals surface area contributed by atoms with Crippen LogP contribution in [-0.2, 0) is 21.6 Å². The molecule has 0 N–H and O–H groups in total. The Hall–Kier alpha value is -2.12. The molecule has 0 saturated carbocycles. The van der Waals surface area contributed by atoms with Gasteiger partial charge in [0.2, 0.25) is 0 Å². The lowest BCUT2D eigenvalue weighted by atomic mass is 9.81. The van der Waals surface area contributed by atoms with Crippen LogP contribution in [0.5, 0.6) is 0 Å². The number of carbonyl (C=O) groups excluding carboxylic acids is 1. The monoisotopic (exact) mass is 299 g/mol. The van der Waals surface area contributed by atoms with Crippen LogP contribution >= 0.6 is 11.3 Å². The highest BCUT2D eigenvalue weighted by Gasteiger charge is 2.27. The van der Waals surface area contributed by atoms with Crippen LogP contribution in [-0.4, -0.2) is 5.97 Å². The molecular formula is C17H17NO2S. The van der Waals surface area contributed by atoms with E-state index in [1.807, 2.05) is 54.1 Å². The van der Waals surface area contributed by atoms with Gasteiger partial charge in [0.15, 0.2) is 0 Å². The Morgan fingerprint density at radius 1 is 1.33 bits per heavy atom. The molecule has 0 amide bonds. The van der Waals surface area contributed by atoms with Crippen LogP contribution in [0.25, 0.3) is 0 Å². The van der Waals surface area contributed by atoms with Gasteiger partial charge in [-0.2, -0.15) is 16.6 Å². The maximum Gasteiger partial charge on any atom is 0.306 e. The minimum absolute atomic E-state index is 0.243. The Morgan fingerprint density at radius 3 is 2.71 bits per heavy atom. The molecule has 1 aromatic carbocycles. The first-order chi connectivity index (χ1) is 10.1. The first-order valence-electron chi connectivity index (χ1n) is 6.77. The van der Waals surface area contributed by atoms with Gasteiger partial charge in [0, 0.05) is 6.42 Å². The molecule has 0 saturated heterocycles. The predicted molar refractivity (Wildman–Crippen MR) is 82.8 cm³/mol. The van der Waals surface area contributed by atoms with Crippen molar-refractivity contribution in [3.63, 3.8) is 0 Å². The van der Waals surface area contributed by atoms with Crippen molar-refractivity contribution in [2.24, 2.45) is 0 Å². The lowest BCUT2D eigenvalue weighted by Gasteiger charge is -2.19. The lowest BCUT2D eigenvalue weighted by molar-refractivity contribution is -0.145. The highest BCUT2D eigenvalue weighted by atomic mass is 32.1. The van der Waals surface area contributed by atoms with Gasteiger partial charge in [0.1, 0.15) is 6.61 Å². The smallest absolute Gasteiger partial charge is 0.306 e. The van der Waals surface area contributed by atoms with Gasteiger partial charge in [0.25, 0.3) is 0 Å². The first kappa shape index (κ1) is 15.3. The van der Waals surface area contributed by atoms with Crippen LogP contribution < -0.4 is 0 Å². The normalized spacial score (nSPS) is 13.1. The average molecular weight is 299 g/mol. The molecule has 4 heteroatoms. The Bertz CT molecular complexity index is 616. The molecule has 1 atom stereocenters. The fourth-order valence-electron chi connectivity index (χ4n) is 2.01. The molecule has 0 fully saturated rings. The minimum Gasteiger partial charge on any atom is -0.461 e. The average Bonchev–Trinajstić information content (AvgIpc) is 3.06. The zero-order chi connectivity index (χ0) is 15.1. The van der Waals surface area contributed by atoms with Gasteiger partial charge in [-0.25, -0.2) is 0 Å². The molecule has 3 nitrogen and oxygen atoms in total. The highest BCUT2D eigenvalue weighted by Crippen LogP contribution is 2.30. The molecule has 108 valence electrons. The quantitative estimate of drug-likeness (QED) is 0.756. The summed E-state index contributed by atoms with van der Waals surface area (Å²) in [7, 11) is 0. The van der Waals surface area contributed by atoms with Crippen LogP contribution in [0.15, 0.2) is 47.2 Å². The lowest BCUT2D eigenvalue weighted by Crippen LogP contribution is -2.20. The van der Waals surface area contributed by atoms with Crippen molar-refractivity contribution in [3.8, 4) is 6.07 Å². The first-order valence-corrected chi connectivity index (χ1v) is 7.72. The number of hydrogen-bond donors (Lipinski definition) is 0. The van der Waals surface area contributed by atoms with Crippen molar-refractivity contribution < 1.29 is 9.53 Å². The zero-order valence-corrected chi connectivity index (χ0v) is 12.7. The Labute approximate surface area is 128 Å². The van der Waals surface area contributed by atoms with Gasteiger partial charge in [-0.3, -0.25) is 4.79 Å². The van der Waals surface area contributed by atoms with Crippen molar-refractivity contribution in [2.75, 3.05) is 0 Å². The molecular weight excluding hydrogens is 282 g/mol. The third kappa shape index (κ3) is 4.17. The van der Waals surface area contributed by atoms with Crippen molar-refractivity contribution in [1.29, 1.82) is 5.26 Å².